The topological polar surface area (TPSA) is 47.4 Å². The van der Waals surface area contributed by atoms with E-state index in [9.17, 15) is 9.18 Å². The van der Waals surface area contributed by atoms with Gasteiger partial charge < -0.3 is 14.2 Å². The number of methoxy groups -OCH3 is 1. The third-order valence-electron chi connectivity index (χ3n) is 6.33. The minimum absolute atomic E-state index is 0.244. The van der Waals surface area contributed by atoms with Crippen LogP contribution in [-0.4, -0.2) is 40.6 Å². The second-order valence-corrected chi connectivity index (χ2v) is 8.35. The number of hydrogen-bond acceptors (Lipinski definition) is 3. The zero-order valence-electron chi connectivity index (χ0n) is 17.2. The summed E-state index contributed by atoms with van der Waals surface area (Å²) in [4.78, 5) is 19.3. The smallest absolute Gasteiger partial charge is 0.225 e. The van der Waals surface area contributed by atoms with E-state index < -0.39 is 0 Å². The molecule has 1 aromatic heterocycles. The van der Waals surface area contributed by atoms with E-state index in [0.717, 1.165) is 61.4 Å². The molecule has 2 fully saturated rings. The Balaban J connectivity index is 1.47. The molecule has 156 valence electrons. The Hall–Kier alpha value is -2.89. The maximum atomic E-state index is 13.9. The number of carbonyl (C=O) groups excluding carboxylic acids is 1. The normalized spacial score (nSPS) is 17.5. The Labute approximate surface area is 175 Å². The molecular formula is C24H26FN3O2. The highest BCUT2D eigenvalue weighted by atomic mass is 19.1. The third-order valence-corrected chi connectivity index (χ3v) is 6.33. The molecule has 2 heterocycles. The molecule has 5 rings (SSSR count). The van der Waals surface area contributed by atoms with Gasteiger partial charge in [-0.15, -0.1) is 0 Å². The quantitative estimate of drug-likeness (QED) is 0.632. The largest absolute Gasteiger partial charge is 0.496 e. The number of fused-ring (bicyclic) bond motifs is 1. The average molecular weight is 407 g/mol. The summed E-state index contributed by atoms with van der Waals surface area (Å²) < 4.78 is 21.7. The number of piperidine rings is 1. The van der Waals surface area contributed by atoms with Crippen LogP contribution in [0.5, 0.6) is 5.75 Å². The van der Waals surface area contributed by atoms with Crippen molar-refractivity contribution in [1.29, 1.82) is 0 Å². The minimum Gasteiger partial charge on any atom is -0.496 e. The van der Waals surface area contributed by atoms with Gasteiger partial charge in [-0.3, -0.25) is 4.79 Å². The predicted molar refractivity (Wildman–Crippen MR) is 113 cm³/mol. The molecule has 1 saturated heterocycles. The maximum Gasteiger partial charge on any atom is 0.225 e. The first-order chi connectivity index (χ1) is 14.6. The summed E-state index contributed by atoms with van der Waals surface area (Å²) in [5.41, 5.74) is 2.68. The van der Waals surface area contributed by atoms with E-state index in [1.54, 1.807) is 7.11 Å². The van der Waals surface area contributed by atoms with Crippen molar-refractivity contribution in [1.82, 2.24) is 14.5 Å². The van der Waals surface area contributed by atoms with Gasteiger partial charge in [0.15, 0.2) is 0 Å². The molecule has 2 aromatic carbocycles. The fourth-order valence-electron chi connectivity index (χ4n) is 4.61. The van der Waals surface area contributed by atoms with Crippen molar-refractivity contribution in [3.05, 3.63) is 59.7 Å². The maximum absolute atomic E-state index is 13.9. The summed E-state index contributed by atoms with van der Waals surface area (Å²) in [5.74, 6) is 2.04. The fraction of sp³-hybridized carbons (Fsp3) is 0.417. The number of carbonyl (C=O) groups is 1. The van der Waals surface area contributed by atoms with Crippen LogP contribution in [0.25, 0.3) is 11.0 Å². The lowest BCUT2D eigenvalue weighted by Crippen LogP contribution is -2.40. The summed E-state index contributed by atoms with van der Waals surface area (Å²) in [7, 11) is 1.67. The fourth-order valence-corrected chi connectivity index (χ4v) is 4.61. The zero-order valence-corrected chi connectivity index (χ0v) is 17.2. The Morgan fingerprint density at radius 1 is 1.13 bits per heavy atom. The highest BCUT2D eigenvalue weighted by Gasteiger charge is 2.35. The van der Waals surface area contributed by atoms with Crippen LogP contribution in [0.15, 0.2) is 42.5 Å². The molecule has 0 bridgehead atoms. The summed E-state index contributed by atoms with van der Waals surface area (Å²) in [6, 6.07) is 13.0. The van der Waals surface area contributed by atoms with E-state index in [1.165, 1.54) is 12.1 Å². The van der Waals surface area contributed by atoms with E-state index in [-0.39, 0.29) is 17.8 Å². The molecule has 0 atom stereocenters. The van der Waals surface area contributed by atoms with Gasteiger partial charge in [-0.2, -0.15) is 0 Å². The summed E-state index contributed by atoms with van der Waals surface area (Å²) >= 11 is 0. The number of amides is 1. The van der Waals surface area contributed by atoms with Crippen LogP contribution in [0.4, 0.5) is 4.39 Å². The second kappa shape index (κ2) is 7.74. The molecule has 1 saturated carbocycles. The Bertz CT molecular complexity index is 1080. The molecule has 0 spiro atoms. The number of para-hydroxylation sites is 1. The lowest BCUT2D eigenvalue weighted by atomic mass is 10.0. The van der Waals surface area contributed by atoms with Crippen molar-refractivity contribution in [3.8, 4) is 5.75 Å². The SMILES string of the molecule is COc1ccccc1Cc1nc2cc(F)ccc2n1C1CCN(C(=O)C2CC2)CC1. The summed E-state index contributed by atoms with van der Waals surface area (Å²) in [5, 5.41) is 0. The van der Waals surface area contributed by atoms with Crippen LogP contribution in [-0.2, 0) is 11.2 Å². The molecule has 6 heteroatoms. The molecule has 30 heavy (non-hydrogen) atoms. The first-order valence-corrected chi connectivity index (χ1v) is 10.7. The van der Waals surface area contributed by atoms with Crippen LogP contribution in [0, 0.1) is 11.7 Å². The van der Waals surface area contributed by atoms with E-state index in [2.05, 4.69) is 4.57 Å². The van der Waals surface area contributed by atoms with Crippen LogP contribution < -0.4 is 4.74 Å². The van der Waals surface area contributed by atoms with Gasteiger partial charge >= 0.3 is 0 Å². The van der Waals surface area contributed by atoms with Gasteiger partial charge in [0.25, 0.3) is 0 Å². The number of nitrogens with zero attached hydrogens (tertiary/aromatic N) is 3. The Morgan fingerprint density at radius 2 is 1.90 bits per heavy atom. The summed E-state index contributed by atoms with van der Waals surface area (Å²) in [6.07, 6.45) is 4.47. The molecule has 0 N–H and O–H groups in total. The van der Waals surface area contributed by atoms with E-state index >= 15 is 0 Å². The average Bonchev–Trinajstić information content (AvgIpc) is 3.56. The van der Waals surface area contributed by atoms with Crippen LogP contribution in [0.2, 0.25) is 0 Å². The van der Waals surface area contributed by atoms with Crippen molar-refractivity contribution in [2.45, 2.75) is 38.1 Å². The summed E-state index contributed by atoms with van der Waals surface area (Å²) in [6.45, 7) is 1.55. The standard InChI is InChI=1S/C24H26FN3O2/c1-30-22-5-3-2-4-17(22)14-23-26-20-15-18(25)8-9-21(20)28(23)19-10-12-27(13-11-19)24(29)16-6-7-16/h2-5,8-9,15-16,19H,6-7,10-14H2,1H3. The number of hydrogen-bond donors (Lipinski definition) is 0. The lowest BCUT2D eigenvalue weighted by molar-refractivity contribution is -0.133. The highest BCUT2D eigenvalue weighted by molar-refractivity contribution is 5.81. The second-order valence-electron chi connectivity index (χ2n) is 8.35. The van der Waals surface area contributed by atoms with Crippen molar-refractivity contribution in [2.24, 2.45) is 5.92 Å². The molecular weight excluding hydrogens is 381 g/mol. The van der Waals surface area contributed by atoms with E-state index in [4.69, 9.17) is 9.72 Å². The van der Waals surface area contributed by atoms with Gasteiger partial charge in [0.05, 0.1) is 18.1 Å². The molecule has 1 aliphatic heterocycles. The van der Waals surface area contributed by atoms with Crippen molar-refractivity contribution >= 4 is 16.9 Å². The van der Waals surface area contributed by atoms with Crippen LogP contribution >= 0.6 is 0 Å². The zero-order chi connectivity index (χ0) is 20.7. The van der Waals surface area contributed by atoms with Gasteiger partial charge in [0.1, 0.15) is 17.4 Å². The first-order valence-electron chi connectivity index (χ1n) is 10.7. The van der Waals surface area contributed by atoms with Gasteiger partial charge in [0.2, 0.25) is 5.91 Å². The van der Waals surface area contributed by atoms with Gasteiger partial charge in [-0.05, 0) is 43.9 Å². The monoisotopic (exact) mass is 407 g/mol. The van der Waals surface area contributed by atoms with Gasteiger partial charge in [0, 0.05) is 43.1 Å². The number of ether oxygens (including phenoxy) is 1. The first kappa shape index (κ1) is 19.1. The van der Waals surface area contributed by atoms with E-state index in [1.807, 2.05) is 35.2 Å². The molecule has 1 aliphatic carbocycles. The highest BCUT2D eigenvalue weighted by Crippen LogP contribution is 2.35. The number of imidazole rings is 1. The Morgan fingerprint density at radius 3 is 2.63 bits per heavy atom. The van der Waals surface area contributed by atoms with Crippen LogP contribution in [0.1, 0.15) is 43.1 Å². The van der Waals surface area contributed by atoms with Crippen molar-refractivity contribution in [2.75, 3.05) is 20.2 Å². The molecule has 2 aliphatic rings. The minimum atomic E-state index is -0.277. The van der Waals surface area contributed by atoms with Crippen LogP contribution in [0.3, 0.4) is 0 Å². The third kappa shape index (κ3) is 3.55. The number of aromatic nitrogens is 2. The molecule has 3 aromatic rings. The van der Waals surface area contributed by atoms with Gasteiger partial charge in [-0.1, -0.05) is 18.2 Å². The van der Waals surface area contributed by atoms with E-state index in [0.29, 0.717) is 17.8 Å². The number of halogens is 1. The van der Waals surface area contributed by atoms with Crippen molar-refractivity contribution in [3.63, 3.8) is 0 Å². The number of likely N-dealkylation sites (tertiary alicyclic amines) is 1. The molecule has 0 radical (unpaired) electrons. The molecule has 0 unspecified atom stereocenters. The predicted octanol–water partition coefficient (Wildman–Crippen LogP) is 4.35. The van der Waals surface area contributed by atoms with Crippen molar-refractivity contribution < 1.29 is 13.9 Å². The molecule has 1 amide bonds. The Kier molecular flexibility index (Phi) is 4.93. The molecule has 5 nitrogen and oxygen atoms in total. The number of rotatable bonds is 5. The number of benzene rings is 2. The van der Waals surface area contributed by atoms with Gasteiger partial charge in [-0.25, -0.2) is 9.37 Å². The lowest BCUT2D eigenvalue weighted by Gasteiger charge is -2.34.